The van der Waals surface area contributed by atoms with Crippen molar-refractivity contribution in [3.63, 3.8) is 0 Å². The molecule has 90 valence electrons. The van der Waals surface area contributed by atoms with Gasteiger partial charge in [-0.2, -0.15) is 0 Å². The fourth-order valence-corrected chi connectivity index (χ4v) is 1.91. The molecule has 7 heteroatoms. The van der Waals surface area contributed by atoms with Crippen molar-refractivity contribution in [2.24, 2.45) is 0 Å². The van der Waals surface area contributed by atoms with Crippen molar-refractivity contribution in [1.29, 1.82) is 0 Å². The fourth-order valence-electron chi connectivity index (χ4n) is 0.997. The Morgan fingerprint density at radius 2 is 2.19 bits per heavy atom. The number of hydrogen-bond donors (Lipinski definition) is 1. The molecular weight excluding hydrogens is 250 g/mol. The molecule has 1 rings (SSSR count). The first-order valence-electron chi connectivity index (χ1n) is 4.68. The van der Waals surface area contributed by atoms with E-state index in [9.17, 15) is 8.42 Å². The number of pyridine rings is 1. The first-order chi connectivity index (χ1) is 7.43. The second kappa shape index (κ2) is 5.47. The van der Waals surface area contributed by atoms with Gasteiger partial charge in [-0.3, -0.25) is 0 Å². The largest absolute Gasteiger partial charge is 0.368 e. The van der Waals surface area contributed by atoms with Gasteiger partial charge in [0.05, 0.1) is 10.8 Å². The van der Waals surface area contributed by atoms with Gasteiger partial charge in [0.1, 0.15) is 5.82 Å². The van der Waals surface area contributed by atoms with E-state index in [1.807, 2.05) is 0 Å². The highest BCUT2D eigenvalue weighted by atomic mass is 35.5. The number of hydrogen-bond acceptors (Lipinski definition) is 4. The normalized spacial score (nSPS) is 11.8. The maximum absolute atomic E-state index is 11.4. The molecule has 1 N–H and O–H groups in total. The van der Waals surface area contributed by atoms with Crippen LogP contribution in [0.25, 0.3) is 0 Å². The van der Waals surface area contributed by atoms with Gasteiger partial charge < -0.3 is 5.32 Å². The van der Waals surface area contributed by atoms with Gasteiger partial charge in [0.2, 0.25) is 10.0 Å². The second-order valence-electron chi connectivity index (χ2n) is 3.36. The molecule has 0 bridgehead atoms. The molecule has 1 aromatic rings. The lowest BCUT2D eigenvalue weighted by atomic mass is 10.4. The molecule has 0 saturated carbocycles. The van der Waals surface area contributed by atoms with Crippen molar-refractivity contribution in [3.05, 3.63) is 23.4 Å². The Balaban J connectivity index is 2.52. The van der Waals surface area contributed by atoms with Crippen molar-refractivity contribution < 1.29 is 8.42 Å². The third-order valence-corrected chi connectivity index (χ3v) is 4.10. The summed E-state index contributed by atoms with van der Waals surface area (Å²) in [5.74, 6) is 0.505. The van der Waals surface area contributed by atoms with Crippen molar-refractivity contribution in [3.8, 4) is 0 Å². The highest BCUT2D eigenvalue weighted by Crippen LogP contribution is 2.16. The summed E-state index contributed by atoms with van der Waals surface area (Å²) in [6, 6.07) is 3.40. The number of nitrogens with zero attached hydrogens (tertiary/aromatic N) is 2. The number of nitrogens with one attached hydrogen (secondary N) is 1. The molecule has 0 aliphatic rings. The third kappa shape index (κ3) is 3.62. The van der Waals surface area contributed by atoms with Crippen LogP contribution in [-0.4, -0.2) is 44.1 Å². The van der Waals surface area contributed by atoms with Crippen LogP contribution in [0.3, 0.4) is 0 Å². The van der Waals surface area contributed by atoms with Gasteiger partial charge in [0.25, 0.3) is 0 Å². The van der Waals surface area contributed by atoms with E-state index >= 15 is 0 Å². The SMILES string of the molecule is CN(C)S(=O)(=O)CCNc1ncccc1Cl. The van der Waals surface area contributed by atoms with Gasteiger partial charge in [-0.1, -0.05) is 11.6 Å². The van der Waals surface area contributed by atoms with Gasteiger partial charge in [-0.15, -0.1) is 0 Å². The lowest BCUT2D eigenvalue weighted by Gasteiger charge is -2.12. The molecule has 0 atom stereocenters. The van der Waals surface area contributed by atoms with Crippen molar-refractivity contribution in [2.45, 2.75) is 0 Å². The number of sulfonamides is 1. The standard InChI is InChI=1S/C9H14ClN3O2S/c1-13(2)16(14,15)7-6-12-9-8(10)4-3-5-11-9/h3-5H,6-7H2,1-2H3,(H,11,12). The lowest BCUT2D eigenvalue weighted by molar-refractivity contribution is 0.521. The third-order valence-electron chi connectivity index (χ3n) is 1.97. The zero-order valence-electron chi connectivity index (χ0n) is 9.14. The van der Waals surface area contributed by atoms with Crippen LogP contribution in [0.5, 0.6) is 0 Å². The zero-order valence-corrected chi connectivity index (χ0v) is 10.7. The minimum absolute atomic E-state index is 0.00685. The number of rotatable bonds is 5. The summed E-state index contributed by atoms with van der Waals surface area (Å²) < 4.78 is 24.1. The second-order valence-corrected chi connectivity index (χ2v) is 6.07. The molecule has 5 nitrogen and oxygen atoms in total. The molecule has 0 amide bonds. The number of aromatic nitrogens is 1. The van der Waals surface area contributed by atoms with Crippen LogP contribution in [0.4, 0.5) is 5.82 Å². The predicted molar refractivity (Wildman–Crippen MR) is 65.2 cm³/mol. The van der Waals surface area contributed by atoms with Gasteiger partial charge in [0.15, 0.2) is 0 Å². The summed E-state index contributed by atoms with van der Waals surface area (Å²) in [5, 5.41) is 3.35. The van der Waals surface area contributed by atoms with Crippen LogP contribution in [0.1, 0.15) is 0 Å². The molecule has 0 saturated heterocycles. The lowest BCUT2D eigenvalue weighted by Crippen LogP contribution is -2.28. The molecule has 0 aromatic carbocycles. The average Bonchev–Trinajstić information content (AvgIpc) is 2.20. The Labute approximate surface area is 100 Å². The quantitative estimate of drug-likeness (QED) is 0.862. The molecule has 16 heavy (non-hydrogen) atoms. The Morgan fingerprint density at radius 1 is 1.50 bits per heavy atom. The first-order valence-corrected chi connectivity index (χ1v) is 6.67. The highest BCUT2D eigenvalue weighted by Gasteiger charge is 2.12. The van der Waals surface area contributed by atoms with Gasteiger partial charge in [-0.05, 0) is 12.1 Å². The van der Waals surface area contributed by atoms with E-state index in [1.54, 1.807) is 18.3 Å². The van der Waals surface area contributed by atoms with Crippen LogP contribution in [0.2, 0.25) is 5.02 Å². The van der Waals surface area contributed by atoms with Crippen LogP contribution < -0.4 is 5.32 Å². The molecule has 0 aliphatic heterocycles. The summed E-state index contributed by atoms with van der Waals surface area (Å²) in [6.45, 7) is 0.275. The van der Waals surface area contributed by atoms with E-state index in [0.29, 0.717) is 10.8 Å². The topological polar surface area (TPSA) is 62.3 Å². The summed E-state index contributed by atoms with van der Waals surface area (Å²) >= 11 is 5.85. The molecule has 1 aromatic heterocycles. The molecule has 0 spiro atoms. The molecular formula is C9H14ClN3O2S. The van der Waals surface area contributed by atoms with Crippen molar-refractivity contribution in [2.75, 3.05) is 31.7 Å². The smallest absolute Gasteiger partial charge is 0.215 e. The van der Waals surface area contributed by atoms with E-state index in [2.05, 4.69) is 10.3 Å². The molecule has 0 fully saturated rings. The Kier molecular flexibility index (Phi) is 4.52. The maximum Gasteiger partial charge on any atom is 0.215 e. The summed E-state index contributed by atoms with van der Waals surface area (Å²) in [4.78, 5) is 3.99. The monoisotopic (exact) mass is 263 g/mol. The van der Waals surface area contributed by atoms with E-state index in [1.165, 1.54) is 18.4 Å². The van der Waals surface area contributed by atoms with Crippen LogP contribution in [0, 0.1) is 0 Å². The Hall–Kier alpha value is -0.850. The zero-order chi connectivity index (χ0) is 12.2. The number of anilines is 1. The summed E-state index contributed by atoms with van der Waals surface area (Å²) in [7, 11) is -0.175. The van der Waals surface area contributed by atoms with E-state index in [-0.39, 0.29) is 12.3 Å². The van der Waals surface area contributed by atoms with Crippen LogP contribution in [0.15, 0.2) is 18.3 Å². The molecule has 0 unspecified atom stereocenters. The molecule has 0 radical (unpaired) electrons. The molecule has 0 aliphatic carbocycles. The maximum atomic E-state index is 11.4. The van der Waals surface area contributed by atoms with Crippen LogP contribution in [-0.2, 0) is 10.0 Å². The van der Waals surface area contributed by atoms with E-state index < -0.39 is 10.0 Å². The predicted octanol–water partition coefficient (Wildman–Crippen LogP) is 1.04. The molecule has 1 heterocycles. The van der Waals surface area contributed by atoms with Gasteiger partial charge >= 0.3 is 0 Å². The minimum atomic E-state index is -3.18. The van der Waals surface area contributed by atoms with Gasteiger partial charge in [-0.25, -0.2) is 17.7 Å². The Bertz CT molecular complexity index is 448. The Morgan fingerprint density at radius 3 is 2.75 bits per heavy atom. The average molecular weight is 264 g/mol. The summed E-state index contributed by atoms with van der Waals surface area (Å²) in [6.07, 6.45) is 1.59. The van der Waals surface area contributed by atoms with Crippen LogP contribution >= 0.6 is 11.6 Å². The van der Waals surface area contributed by atoms with Crippen molar-refractivity contribution >= 4 is 27.4 Å². The highest BCUT2D eigenvalue weighted by molar-refractivity contribution is 7.89. The minimum Gasteiger partial charge on any atom is -0.368 e. The van der Waals surface area contributed by atoms with Crippen molar-refractivity contribution in [1.82, 2.24) is 9.29 Å². The number of halogens is 1. The first kappa shape index (κ1) is 13.2. The van der Waals surface area contributed by atoms with E-state index in [4.69, 9.17) is 11.6 Å². The summed E-state index contributed by atoms with van der Waals surface area (Å²) in [5.41, 5.74) is 0. The fraction of sp³-hybridized carbons (Fsp3) is 0.444. The van der Waals surface area contributed by atoms with E-state index in [0.717, 1.165) is 0 Å². The van der Waals surface area contributed by atoms with Gasteiger partial charge in [0, 0.05) is 26.8 Å².